The number of esters is 2. The fourth-order valence-corrected chi connectivity index (χ4v) is 5.08. The molecule has 0 unspecified atom stereocenters. The van der Waals surface area contributed by atoms with Crippen LogP contribution in [0.15, 0.2) is 60.7 Å². The van der Waals surface area contributed by atoms with Gasteiger partial charge >= 0.3 is 11.9 Å². The summed E-state index contributed by atoms with van der Waals surface area (Å²) in [7, 11) is 0. The van der Waals surface area contributed by atoms with Crippen molar-refractivity contribution in [1.29, 1.82) is 0 Å². The van der Waals surface area contributed by atoms with Gasteiger partial charge in [0.15, 0.2) is 0 Å². The minimum atomic E-state index is -0.523. The smallest absolute Gasteiger partial charge is 0.333 e. The maximum Gasteiger partial charge on any atom is 0.333 e. The van der Waals surface area contributed by atoms with E-state index in [1.165, 1.54) is 0 Å². The van der Waals surface area contributed by atoms with Gasteiger partial charge in [-0.2, -0.15) is 0 Å². The van der Waals surface area contributed by atoms with Crippen LogP contribution in [-0.2, 0) is 24.5 Å². The predicted octanol–water partition coefficient (Wildman–Crippen LogP) is 7.00. The normalized spacial score (nSPS) is 13.1. The maximum atomic E-state index is 11.9. The third-order valence-electron chi connectivity index (χ3n) is 6.52. The predicted molar refractivity (Wildman–Crippen MR) is 146 cm³/mol. The van der Waals surface area contributed by atoms with Gasteiger partial charge in [-0.05, 0) is 57.2 Å². The summed E-state index contributed by atoms with van der Waals surface area (Å²) in [5, 5.41) is 0.822. The van der Waals surface area contributed by atoms with Crippen molar-refractivity contribution in [3.05, 3.63) is 82.0 Å². The first kappa shape index (κ1) is 26.8. The van der Waals surface area contributed by atoms with Crippen molar-refractivity contribution in [3.63, 3.8) is 0 Å². The Morgan fingerprint density at radius 3 is 1.92 bits per heavy atom. The Bertz CT molecular complexity index is 1380. The molecule has 192 valence electrons. The molecule has 0 radical (unpaired) electrons. The Morgan fingerprint density at radius 1 is 0.865 bits per heavy atom. The molecular weight excluding hydrogens is 511 g/mol. The van der Waals surface area contributed by atoms with E-state index in [2.05, 4.69) is 19.2 Å². The molecule has 0 spiro atoms. The number of hydrogen-bond donors (Lipinski definition) is 0. The third kappa shape index (κ3) is 5.41. The van der Waals surface area contributed by atoms with Crippen LogP contribution in [0.25, 0.3) is 22.3 Å². The molecule has 3 aromatic rings. The highest BCUT2D eigenvalue weighted by Gasteiger charge is 2.45. The van der Waals surface area contributed by atoms with Crippen LogP contribution < -0.4 is 0 Å². The molecule has 2 aromatic carbocycles. The van der Waals surface area contributed by atoms with Gasteiger partial charge in [0.1, 0.15) is 0 Å². The topological polar surface area (TPSA) is 78.4 Å². The van der Waals surface area contributed by atoms with Gasteiger partial charge in [-0.1, -0.05) is 60.6 Å². The molecule has 1 aliphatic carbocycles. The van der Waals surface area contributed by atoms with Crippen LogP contribution in [0.3, 0.4) is 0 Å². The summed E-state index contributed by atoms with van der Waals surface area (Å²) in [5.41, 5.74) is 5.21. The Kier molecular flexibility index (Phi) is 8.00. The molecule has 8 heteroatoms. The molecule has 0 atom stereocenters. The zero-order valence-corrected chi connectivity index (χ0v) is 22.4. The van der Waals surface area contributed by atoms with Gasteiger partial charge in [-0.15, -0.1) is 0 Å². The fraction of sp³-hybridized carbons (Fsp3) is 0.310. The number of rotatable bonds is 10. The van der Waals surface area contributed by atoms with Crippen molar-refractivity contribution in [2.75, 3.05) is 13.2 Å². The molecule has 37 heavy (non-hydrogen) atoms. The molecule has 1 aromatic heterocycles. The first-order chi connectivity index (χ1) is 17.6. The number of nitrogens with zero attached hydrogens (tertiary/aromatic N) is 2. The van der Waals surface area contributed by atoms with Gasteiger partial charge in [0, 0.05) is 22.1 Å². The minimum absolute atomic E-state index is 0.248. The van der Waals surface area contributed by atoms with Crippen molar-refractivity contribution in [2.45, 2.75) is 44.9 Å². The van der Waals surface area contributed by atoms with E-state index in [1.54, 1.807) is 26.0 Å². The molecule has 0 aliphatic heterocycles. The molecule has 6 nitrogen and oxygen atoms in total. The maximum absolute atomic E-state index is 11.9. The Hall–Kier alpha value is -3.22. The van der Waals surface area contributed by atoms with Gasteiger partial charge in [-0.25, -0.2) is 19.6 Å². The van der Waals surface area contributed by atoms with Crippen LogP contribution in [-0.4, -0.2) is 35.1 Å². The Morgan fingerprint density at radius 2 is 1.38 bits per heavy atom. The van der Waals surface area contributed by atoms with Gasteiger partial charge < -0.3 is 9.47 Å². The SMILES string of the molecule is C=C(C)C(=O)OCCCC1(CCCOC(=O)C(=C)C)c2ccccc2-c2nc3cc(Cl)c(Cl)cc3nc21. The van der Waals surface area contributed by atoms with Crippen molar-refractivity contribution in [3.8, 4) is 11.3 Å². The zero-order chi connectivity index (χ0) is 26.7. The molecule has 0 amide bonds. The zero-order valence-electron chi connectivity index (χ0n) is 20.9. The molecule has 0 N–H and O–H groups in total. The molecule has 0 bridgehead atoms. The van der Waals surface area contributed by atoms with Gasteiger partial charge in [-0.3, -0.25) is 0 Å². The van der Waals surface area contributed by atoms with Crippen molar-refractivity contribution in [1.82, 2.24) is 9.97 Å². The number of hydrogen-bond acceptors (Lipinski definition) is 6. The average Bonchev–Trinajstić information content (AvgIpc) is 3.12. The average molecular weight is 539 g/mol. The van der Waals surface area contributed by atoms with E-state index in [0.717, 1.165) is 22.5 Å². The van der Waals surface area contributed by atoms with E-state index < -0.39 is 17.4 Å². The first-order valence-corrected chi connectivity index (χ1v) is 12.8. The standard InChI is InChI=1S/C29H28Cl2N2O4/c1-17(2)27(34)36-13-7-11-29(12-8-14-37-28(35)18(3)4)20-10-6-5-9-19(20)25-26(29)33-24-16-22(31)21(30)15-23(24)32-25/h5-6,9-10,15-16H,1,3,7-8,11-14H2,2,4H3. The highest BCUT2D eigenvalue weighted by Crippen LogP contribution is 2.52. The second kappa shape index (κ2) is 11.0. The largest absolute Gasteiger partial charge is 0.462 e. The van der Waals surface area contributed by atoms with Crippen LogP contribution in [0.4, 0.5) is 0 Å². The minimum Gasteiger partial charge on any atom is -0.462 e. The molecular formula is C29H28Cl2N2O4. The lowest BCUT2D eigenvalue weighted by atomic mass is 9.73. The van der Waals surface area contributed by atoms with Crippen LogP contribution in [0.5, 0.6) is 0 Å². The number of fused-ring (bicyclic) bond motifs is 4. The van der Waals surface area contributed by atoms with E-state index in [4.69, 9.17) is 42.6 Å². The number of carbonyl (C=O) groups excluding carboxylic acids is 2. The third-order valence-corrected chi connectivity index (χ3v) is 7.24. The Labute approximate surface area is 226 Å². The number of aromatic nitrogens is 2. The van der Waals surface area contributed by atoms with Crippen molar-refractivity contribution >= 4 is 46.2 Å². The number of carbonyl (C=O) groups is 2. The fourth-order valence-electron chi connectivity index (χ4n) is 4.76. The van der Waals surface area contributed by atoms with E-state index in [0.29, 0.717) is 57.9 Å². The molecule has 1 aliphatic rings. The second-order valence-corrected chi connectivity index (χ2v) is 10.2. The summed E-state index contributed by atoms with van der Waals surface area (Å²) in [5.74, 6) is -0.824. The van der Waals surface area contributed by atoms with E-state index in [9.17, 15) is 9.59 Å². The lowest BCUT2D eigenvalue weighted by Gasteiger charge is -2.31. The monoisotopic (exact) mass is 538 g/mol. The molecule has 0 saturated carbocycles. The molecule has 1 heterocycles. The lowest BCUT2D eigenvalue weighted by Crippen LogP contribution is -2.28. The highest BCUT2D eigenvalue weighted by atomic mass is 35.5. The van der Waals surface area contributed by atoms with Gasteiger partial charge in [0.2, 0.25) is 0 Å². The summed E-state index contributed by atoms with van der Waals surface area (Å²) in [4.78, 5) is 33.9. The van der Waals surface area contributed by atoms with Crippen LogP contribution >= 0.6 is 23.2 Å². The van der Waals surface area contributed by atoms with Crippen LogP contribution in [0.1, 0.15) is 50.8 Å². The number of halogens is 2. The van der Waals surface area contributed by atoms with E-state index in [1.807, 2.05) is 18.2 Å². The summed E-state index contributed by atoms with van der Waals surface area (Å²) in [6.07, 6.45) is 2.49. The highest BCUT2D eigenvalue weighted by molar-refractivity contribution is 6.42. The Balaban J connectivity index is 1.74. The first-order valence-electron chi connectivity index (χ1n) is 12.1. The lowest BCUT2D eigenvalue weighted by molar-refractivity contribution is -0.139. The number of benzene rings is 2. The molecule has 0 fully saturated rings. The van der Waals surface area contributed by atoms with E-state index in [-0.39, 0.29) is 13.2 Å². The van der Waals surface area contributed by atoms with Gasteiger partial charge in [0.05, 0.1) is 45.7 Å². The van der Waals surface area contributed by atoms with Crippen LogP contribution in [0, 0.1) is 0 Å². The summed E-state index contributed by atoms with van der Waals surface area (Å²) < 4.78 is 10.8. The van der Waals surface area contributed by atoms with Crippen molar-refractivity contribution in [2.24, 2.45) is 0 Å². The van der Waals surface area contributed by atoms with E-state index >= 15 is 0 Å². The summed E-state index contributed by atoms with van der Waals surface area (Å²) in [6.45, 7) is 11.0. The molecule has 4 rings (SSSR count). The quantitative estimate of drug-likeness (QED) is 0.157. The summed E-state index contributed by atoms with van der Waals surface area (Å²) in [6, 6.07) is 11.5. The van der Waals surface area contributed by atoms with Crippen LogP contribution in [0.2, 0.25) is 10.0 Å². The molecule has 0 saturated heterocycles. The van der Waals surface area contributed by atoms with Crippen molar-refractivity contribution < 1.29 is 19.1 Å². The number of ether oxygens (including phenoxy) is 2. The summed E-state index contributed by atoms with van der Waals surface area (Å²) >= 11 is 12.6. The second-order valence-electron chi connectivity index (χ2n) is 9.34. The van der Waals surface area contributed by atoms with Gasteiger partial charge in [0.25, 0.3) is 0 Å².